The number of likely N-dealkylation sites (N-methyl/N-ethyl adjacent to an activating group) is 1. The summed E-state index contributed by atoms with van der Waals surface area (Å²) in [5, 5.41) is 13.1. The fourth-order valence-corrected chi connectivity index (χ4v) is 1.76. The second-order valence-electron chi connectivity index (χ2n) is 6.07. The Labute approximate surface area is 106 Å². The summed E-state index contributed by atoms with van der Waals surface area (Å²) in [5.74, 6) is 0.564. The van der Waals surface area contributed by atoms with Crippen molar-refractivity contribution >= 4 is 0 Å². The Balaban J connectivity index is 3.76. The minimum atomic E-state index is -0.396. The summed E-state index contributed by atoms with van der Waals surface area (Å²) in [6.07, 6.45) is -0.396. The van der Waals surface area contributed by atoms with Crippen molar-refractivity contribution in [1.82, 2.24) is 10.2 Å². The molecule has 0 spiro atoms. The predicted octanol–water partition coefficient (Wildman–Crippen LogP) is 0.950. The Hall–Kier alpha value is -0.160. The molecule has 0 rings (SSSR count). The Kier molecular flexibility index (Phi) is 7.96. The molecule has 0 heterocycles. The van der Waals surface area contributed by atoms with Crippen LogP contribution >= 0.6 is 0 Å². The average molecular weight is 246 g/mol. The minimum Gasteiger partial charge on any atom is -0.389 e. The fourth-order valence-electron chi connectivity index (χ4n) is 1.76. The molecule has 0 fully saturated rings. The molecule has 0 amide bonds. The van der Waals surface area contributed by atoms with Crippen LogP contribution in [-0.2, 0) is 4.74 Å². The molecule has 0 aliphatic rings. The van der Waals surface area contributed by atoms with Crippen molar-refractivity contribution in [2.45, 2.75) is 39.3 Å². The molecule has 0 saturated carbocycles. The molecule has 0 aliphatic heterocycles. The monoisotopic (exact) mass is 246 g/mol. The van der Waals surface area contributed by atoms with Crippen molar-refractivity contribution in [2.75, 3.05) is 40.4 Å². The lowest BCUT2D eigenvalue weighted by molar-refractivity contribution is 0.0407. The average Bonchev–Trinajstić information content (AvgIpc) is 2.13. The molecule has 2 atom stereocenters. The summed E-state index contributed by atoms with van der Waals surface area (Å²) >= 11 is 0. The molecule has 17 heavy (non-hydrogen) atoms. The van der Waals surface area contributed by atoms with Gasteiger partial charge in [-0.3, -0.25) is 0 Å². The van der Waals surface area contributed by atoms with Crippen LogP contribution < -0.4 is 5.32 Å². The number of hydrogen-bond donors (Lipinski definition) is 2. The summed E-state index contributed by atoms with van der Waals surface area (Å²) < 4.78 is 4.91. The van der Waals surface area contributed by atoms with E-state index >= 15 is 0 Å². The van der Waals surface area contributed by atoms with Gasteiger partial charge in [0.25, 0.3) is 0 Å². The standard InChI is InChI=1S/C13H30N2O2/c1-11(7-14-13(2,3)4)8-15(5)9-12(16)10-17-6/h11-12,14,16H,7-10H2,1-6H3. The van der Waals surface area contributed by atoms with Gasteiger partial charge >= 0.3 is 0 Å². The number of nitrogens with one attached hydrogen (secondary N) is 1. The summed E-state index contributed by atoms with van der Waals surface area (Å²) in [7, 11) is 3.64. The van der Waals surface area contributed by atoms with E-state index in [1.165, 1.54) is 0 Å². The van der Waals surface area contributed by atoms with Crippen molar-refractivity contribution in [2.24, 2.45) is 5.92 Å². The number of nitrogens with zero attached hydrogens (tertiary/aromatic N) is 1. The Morgan fingerprint density at radius 2 is 1.88 bits per heavy atom. The predicted molar refractivity (Wildman–Crippen MR) is 72.3 cm³/mol. The van der Waals surface area contributed by atoms with Gasteiger partial charge in [0.1, 0.15) is 0 Å². The van der Waals surface area contributed by atoms with E-state index in [0.29, 0.717) is 19.1 Å². The van der Waals surface area contributed by atoms with Crippen molar-refractivity contribution in [3.8, 4) is 0 Å². The van der Waals surface area contributed by atoms with Crippen LogP contribution in [0, 0.1) is 5.92 Å². The smallest absolute Gasteiger partial charge is 0.0899 e. The highest BCUT2D eigenvalue weighted by molar-refractivity contribution is 4.73. The van der Waals surface area contributed by atoms with Gasteiger partial charge in [-0.1, -0.05) is 6.92 Å². The number of rotatable bonds is 8. The molecule has 0 radical (unpaired) electrons. The van der Waals surface area contributed by atoms with Crippen molar-refractivity contribution in [3.05, 3.63) is 0 Å². The second-order valence-corrected chi connectivity index (χ2v) is 6.07. The maximum atomic E-state index is 9.61. The zero-order chi connectivity index (χ0) is 13.5. The van der Waals surface area contributed by atoms with Gasteiger partial charge in [-0.15, -0.1) is 0 Å². The Morgan fingerprint density at radius 1 is 1.29 bits per heavy atom. The number of aliphatic hydroxyl groups is 1. The van der Waals surface area contributed by atoms with Crippen molar-refractivity contribution in [3.63, 3.8) is 0 Å². The van der Waals surface area contributed by atoms with E-state index in [9.17, 15) is 5.11 Å². The Morgan fingerprint density at radius 3 is 2.35 bits per heavy atom. The third kappa shape index (κ3) is 10.7. The van der Waals surface area contributed by atoms with E-state index in [0.717, 1.165) is 13.1 Å². The first-order valence-corrected chi connectivity index (χ1v) is 6.35. The highest BCUT2D eigenvalue weighted by atomic mass is 16.5. The first-order valence-electron chi connectivity index (χ1n) is 6.35. The van der Waals surface area contributed by atoms with Gasteiger partial charge in [0.15, 0.2) is 0 Å². The van der Waals surface area contributed by atoms with Crippen LogP contribution in [-0.4, -0.2) is 62.0 Å². The summed E-state index contributed by atoms with van der Waals surface area (Å²) in [5.41, 5.74) is 0.169. The van der Waals surface area contributed by atoms with E-state index in [1.54, 1.807) is 7.11 Å². The first kappa shape index (κ1) is 16.8. The lowest BCUT2D eigenvalue weighted by atomic mass is 10.1. The molecule has 0 aromatic carbocycles. The third-order valence-electron chi connectivity index (χ3n) is 2.49. The quantitative estimate of drug-likeness (QED) is 0.669. The number of hydrogen-bond acceptors (Lipinski definition) is 4. The zero-order valence-electron chi connectivity index (χ0n) is 12.3. The van der Waals surface area contributed by atoms with Crippen LogP contribution in [0.4, 0.5) is 0 Å². The number of methoxy groups -OCH3 is 1. The van der Waals surface area contributed by atoms with Gasteiger partial charge in [-0.05, 0) is 40.3 Å². The second kappa shape index (κ2) is 8.03. The molecule has 0 bridgehead atoms. The number of ether oxygens (including phenoxy) is 1. The topological polar surface area (TPSA) is 44.7 Å². The van der Waals surface area contributed by atoms with Crippen molar-refractivity contribution < 1.29 is 9.84 Å². The van der Waals surface area contributed by atoms with Crippen LogP contribution in [0.15, 0.2) is 0 Å². The van der Waals surface area contributed by atoms with E-state index in [2.05, 4.69) is 37.9 Å². The van der Waals surface area contributed by atoms with Gasteiger partial charge in [0.2, 0.25) is 0 Å². The fraction of sp³-hybridized carbons (Fsp3) is 1.00. The van der Waals surface area contributed by atoms with Crippen LogP contribution in [0.5, 0.6) is 0 Å². The maximum Gasteiger partial charge on any atom is 0.0899 e. The first-order chi connectivity index (χ1) is 7.74. The minimum absolute atomic E-state index is 0.169. The zero-order valence-corrected chi connectivity index (χ0v) is 12.3. The van der Waals surface area contributed by atoms with E-state index in [4.69, 9.17) is 4.74 Å². The largest absolute Gasteiger partial charge is 0.389 e. The lowest BCUT2D eigenvalue weighted by Gasteiger charge is -2.27. The van der Waals surface area contributed by atoms with Crippen LogP contribution in [0.2, 0.25) is 0 Å². The molecule has 0 aliphatic carbocycles. The lowest BCUT2D eigenvalue weighted by Crippen LogP contribution is -2.42. The SMILES string of the molecule is COCC(O)CN(C)CC(C)CNC(C)(C)C. The van der Waals surface area contributed by atoms with Crippen LogP contribution in [0.1, 0.15) is 27.7 Å². The Bertz CT molecular complexity index is 192. The van der Waals surface area contributed by atoms with E-state index in [-0.39, 0.29) is 5.54 Å². The van der Waals surface area contributed by atoms with Crippen LogP contribution in [0.25, 0.3) is 0 Å². The van der Waals surface area contributed by atoms with Gasteiger partial charge in [-0.25, -0.2) is 0 Å². The van der Waals surface area contributed by atoms with Crippen LogP contribution in [0.3, 0.4) is 0 Å². The summed E-state index contributed by atoms with van der Waals surface area (Å²) in [6.45, 7) is 11.8. The van der Waals surface area contributed by atoms with Crippen molar-refractivity contribution in [1.29, 1.82) is 0 Å². The summed E-state index contributed by atoms with van der Waals surface area (Å²) in [6, 6.07) is 0. The highest BCUT2D eigenvalue weighted by Crippen LogP contribution is 2.03. The molecule has 2 N–H and O–H groups in total. The van der Waals surface area contributed by atoms with E-state index in [1.807, 2.05) is 7.05 Å². The third-order valence-corrected chi connectivity index (χ3v) is 2.49. The molecule has 0 aromatic rings. The maximum absolute atomic E-state index is 9.61. The van der Waals surface area contributed by atoms with Gasteiger partial charge in [0, 0.05) is 25.7 Å². The molecule has 104 valence electrons. The molecular formula is C13H30N2O2. The van der Waals surface area contributed by atoms with Gasteiger partial charge in [-0.2, -0.15) is 0 Å². The van der Waals surface area contributed by atoms with Gasteiger partial charge in [0.05, 0.1) is 12.7 Å². The molecule has 2 unspecified atom stereocenters. The molecule has 4 heteroatoms. The summed E-state index contributed by atoms with van der Waals surface area (Å²) in [4.78, 5) is 2.15. The molecule has 0 saturated heterocycles. The van der Waals surface area contributed by atoms with Gasteiger partial charge < -0.3 is 20.1 Å². The number of aliphatic hydroxyl groups excluding tert-OH is 1. The highest BCUT2D eigenvalue weighted by Gasteiger charge is 2.14. The van der Waals surface area contributed by atoms with E-state index < -0.39 is 6.10 Å². The normalized spacial score (nSPS) is 16.2. The molecule has 4 nitrogen and oxygen atoms in total. The molecular weight excluding hydrogens is 216 g/mol. The molecule has 0 aromatic heterocycles.